The Morgan fingerprint density at radius 3 is 2.42 bits per heavy atom. The monoisotopic (exact) mass is 428 g/mol. The summed E-state index contributed by atoms with van der Waals surface area (Å²) in [6.07, 6.45) is 3.61. The van der Waals surface area contributed by atoms with Crippen molar-refractivity contribution in [1.29, 1.82) is 5.26 Å². The first-order valence-electron chi connectivity index (χ1n) is 9.86. The van der Waals surface area contributed by atoms with Gasteiger partial charge in [0.05, 0.1) is 0 Å². The Morgan fingerprint density at radius 1 is 1.06 bits per heavy atom. The van der Waals surface area contributed by atoms with Gasteiger partial charge < -0.3 is 4.57 Å². The number of carbonyl (C=O) groups excluding carboxylic acids is 1. The fraction of sp³-hybridized carbons (Fsp3) is 0.120. The first-order chi connectivity index (χ1) is 15.0. The normalized spacial score (nSPS) is 11.5. The molecule has 0 radical (unpaired) electrons. The second-order valence-corrected chi connectivity index (χ2v) is 7.85. The van der Waals surface area contributed by atoms with Crippen LogP contribution in [0.3, 0.4) is 0 Å². The molecule has 5 nitrogen and oxygen atoms in total. The van der Waals surface area contributed by atoms with Crippen LogP contribution in [0.4, 0.5) is 0 Å². The van der Waals surface area contributed by atoms with Gasteiger partial charge in [-0.05, 0) is 55.8 Å². The molecule has 154 valence electrons. The molecule has 4 rings (SSSR count). The van der Waals surface area contributed by atoms with E-state index in [0.29, 0.717) is 11.6 Å². The molecule has 0 aliphatic rings. The van der Waals surface area contributed by atoms with Crippen LogP contribution < -0.4 is 5.43 Å². The summed E-state index contributed by atoms with van der Waals surface area (Å²) in [5, 5.41) is 11.3. The van der Waals surface area contributed by atoms with Crippen LogP contribution >= 0.6 is 11.6 Å². The third-order valence-corrected chi connectivity index (χ3v) is 5.49. The van der Waals surface area contributed by atoms with Gasteiger partial charge in [-0.15, -0.1) is 0 Å². The van der Waals surface area contributed by atoms with Crippen LogP contribution in [0.2, 0.25) is 5.02 Å². The first kappa shape index (κ1) is 20.5. The number of nitrogens with one attached hydrogen (secondary N) is 1. The molecule has 0 bridgehead atoms. The van der Waals surface area contributed by atoms with Crippen molar-refractivity contribution in [2.75, 3.05) is 5.43 Å². The Kier molecular flexibility index (Phi) is 5.66. The number of fused-ring (bicyclic) bond motifs is 1. The number of hydrogen-bond donors (Lipinski definition) is 1. The van der Waals surface area contributed by atoms with Crippen molar-refractivity contribution in [3.05, 3.63) is 100.0 Å². The van der Waals surface area contributed by atoms with Gasteiger partial charge in [-0.25, -0.2) is 0 Å². The summed E-state index contributed by atoms with van der Waals surface area (Å²) in [5.74, 6) is -0.445. The zero-order valence-electron chi connectivity index (χ0n) is 17.3. The highest BCUT2D eigenvalue weighted by Crippen LogP contribution is 2.25. The number of halogens is 1. The molecule has 6 heteroatoms. The maximum absolute atomic E-state index is 12.8. The summed E-state index contributed by atoms with van der Waals surface area (Å²) in [7, 11) is 0. The summed E-state index contributed by atoms with van der Waals surface area (Å²) in [4.78, 5) is 12.8. The summed E-state index contributed by atoms with van der Waals surface area (Å²) in [5.41, 5.74) is 7.58. The highest BCUT2D eigenvalue weighted by Gasteiger charge is 2.14. The highest BCUT2D eigenvalue weighted by atomic mass is 35.5. The van der Waals surface area contributed by atoms with Gasteiger partial charge in [-0.2, -0.15) is 5.26 Å². The lowest BCUT2D eigenvalue weighted by Crippen LogP contribution is -2.25. The minimum Gasteiger partial charge on any atom is -0.342 e. The zero-order valence-corrected chi connectivity index (χ0v) is 18.0. The van der Waals surface area contributed by atoms with E-state index in [1.165, 1.54) is 0 Å². The molecular formula is C25H21ClN4O. The van der Waals surface area contributed by atoms with E-state index >= 15 is 0 Å². The number of aromatic nitrogens is 2. The minimum absolute atomic E-state index is 0.0434. The van der Waals surface area contributed by atoms with Gasteiger partial charge in [0.15, 0.2) is 0 Å². The molecule has 1 amide bonds. The van der Waals surface area contributed by atoms with Crippen LogP contribution in [0.15, 0.2) is 72.4 Å². The molecule has 4 aromatic rings. The van der Waals surface area contributed by atoms with Crippen molar-refractivity contribution in [2.24, 2.45) is 0 Å². The minimum atomic E-state index is -0.445. The summed E-state index contributed by atoms with van der Waals surface area (Å²) in [6.45, 7) is 4.45. The van der Waals surface area contributed by atoms with Crippen LogP contribution in [0.25, 0.3) is 17.0 Å². The van der Waals surface area contributed by atoms with E-state index < -0.39 is 5.91 Å². The Bertz CT molecular complexity index is 1320. The average Bonchev–Trinajstić information content (AvgIpc) is 3.28. The molecule has 1 N–H and O–H groups in total. The summed E-state index contributed by atoms with van der Waals surface area (Å²) in [6, 6.07) is 21.5. The Balaban J connectivity index is 1.69. The van der Waals surface area contributed by atoms with Gasteiger partial charge in [0.2, 0.25) is 0 Å². The van der Waals surface area contributed by atoms with Crippen LogP contribution in [-0.2, 0) is 11.3 Å². The number of nitrogens with zero attached hydrogens (tertiary/aromatic N) is 3. The number of rotatable bonds is 5. The molecule has 0 aliphatic heterocycles. The van der Waals surface area contributed by atoms with Crippen molar-refractivity contribution in [3.8, 4) is 6.07 Å². The third-order valence-electron chi connectivity index (χ3n) is 5.23. The van der Waals surface area contributed by atoms with Crippen molar-refractivity contribution in [1.82, 2.24) is 9.24 Å². The molecule has 0 unspecified atom stereocenters. The van der Waals surface area contributed by atoms with Gasteiger partial charge in [0.1, 0.15) is 11.6 Å². The quantitative estimate of drug-likeness (QED) is 0.340. The fourth-order valence-corrected chi connectivity index (χ4v) is 3.74. The zero-order chi connectivity index (χ0) is 22.0. The van der Waals surface area contributed by atoms with Gasteiger partial charge in [-0.1, -0.05) is 41.9 Å². The molecule has 2 heterocycles. The van der Waals surface area contributed by atoms with E-state index in [1.807, 2.05) is 86.8 Å². The molecule has 0 aliphatic carbocycles. The van der Waals surface area contributed by atoms with Crippen molar-refractivity contribution in [3.63, 3.8) is 0 Å². The maximum Gasteiger partial charge on any atom is 0.280 e. The summed E-state index contributed by atoms with van der Waals surface area (Å²) < 4.78 is 3.79. The van der Waals surface area contributed by atoms with Crippen LogP contribution in [0, 0.1) is 25.2 Å². The second-order valence-electron chi connectivity index (χ2n) is 7.42. The van der Waals surface area contributed by atoms with E-state index in [-0.39, 0.29) is 5.57 Å². The lowest BCUT2D eigenvalue weighted by Gasteiger charge is -2.10. The number of benzene rings is 2. The number of amides is 1. The van der Waals surface area contributed by atoms with E-state index in [4.69, 9.17) is 11.6 Å². The highest BCUT2D eigenvalue weighted by molar-refractivity contribution is 6.30. The van der Waals surface area contributed by atoms with E-state index in [2.05, 4.69) is 9.99 Å². The SMILES string of the molecule is Cc1ccc(C)n1NC(=O)/C(C#N)=C/c1cn(Cc2ccc(Cl)cc2)c2ccccc12. The number of nitriles is 1. The van der Waals surface area contributed by atoms with Gasteiger partial charge in [0, 0.05) is 45.6 Å². The van der Waals surface area contributed by atoms with Crippen molar-refractivity contribution in [2.45, 2.75) is 20.4 Å². The van der Waals surface area contributed by atoms with Gasteiger partial charge in [0.25, 0.3) is 5.91 Å². The Morgan fingerprint density at radius 2 is 1.74 bits per heavy atom. The molecule has 2 aromatic heterocycles. The number of aryl methyl sites for hydroxylation is 2. The topological polar surface area (TPSA) is 62.8 Å². The molecular weight excluding hydrogens is 408 g/mol. The molecule has 0 atom stereocenters. The van der Waals surface area contributed by atoms with E-state index in [9.17, 15) is 10.1 Å². The second kappa shape index (κ2) is 8.55. The number of para-hydroxylation sites is 1. The van der Waals surface area contributed by atoms with E-state index in [0.717, 1.165) is 33.4 Å². The van der Waals surface area contributed by atoms with Crippen molar-refractivity contribution < 1.29 is 4.79 Å². The lowest BCUT2D eigenvalue weighted by molar-refractivity contribution is -0.113. The van der Waals surface area contributed by atoms with E-state index in [1.54, 1.807) is 10.8 Å². The third kappa shape index (κ3) is 4.25. The first-order valence-corrected chi connectivity index (χ1v) is 10.2. The largest absolute Gasteiger partial charge is 0.342 e. The number of hydrogen-bond acceptors (Lipinski definition) is 2. The maximum atomic E-state index is 12.8. The fourth-order valence-electron chi connectivity index (χ4n) is 3.62. The molecule has 31 heavy (non-hydrogen) atoms. The van der Waals surface area contributed by atoms with Crippen molar-refractivity contribution >= 4 is 34.5 Å². The van der Waals surface area contributed by atoms with Crippen LogP contribution in [-0.4, -0.2) is 15.2 Å². The number of carbonyl (C=O) groups is 1. The van der Waals surface area contributed by atoms with Crippen LogP contribution in [0.5, 0.6) is 0 Å². The Labute approximate surface area is 185 Å². The smallest absolute Gasteiger partial charge is 0.280 e. The molecule has 0 fully saturated rings. The molecule has 0 saturated heterocycles. The predicted octanol–water partition coefficient (Wildman–Crippen LogP) is 5.44. The standard InChI is InChI=1S/C25H21ClN4O/c1-17-7-8-18(2)30(17)28-25(31)20(14-27)13-21-16-29(24-6-4-3-5-23(21)24)15-19-9-11-22(26)12-10-19/h3-13,16H,15H2,1-2H3,(H,28,31)/b20-13+. The predicted molar refractivity (Wildman–Crippen MR) is 124 cm³/mol. The average molecular weight is 429 g/mol. The summed E-state index contributed by atoms with van der Waals surface area (Å²) >= 11 is 6.00. The Hall–Kier alpha value is -3.75. The molecule has 0 saturated carbocycles. The van der Waals surface area contributed by atoms with Gasteiger partial charge in [-0.3, -0.25) is 14.9 Å². The lowest BCUT2D eigenvalue weighted by atomic mass is 10.1. The van der Waals surface area contributed by atoms with Crippen LogP contribution in [0.1, 0.15) is 22.5 Å². The molecule has 2 aromatic carbocycles. The molecule has 0 spiro atoms. The van der Waals surface area contributed by atoms with Gasteiger partial charge >= 0.3 is 0 Å².